The van der Waals surface area contributed by atoms with E-state index in [0.29, 0.717) is 32.7 Å². The zero-order valence-electron chi connectivity index (χ0n) is 16.8. The van der Waals surface area contributed by atoms with Crippen LogP contribution in [0.5, 0.6) is 0 Å². The molecule has 1 aliphatic heterocycles. The summed E-state index contributed by atoms with van der Waals surface area (Å²) in [5, 5.41) is 19.6. The summed E-state index contributed by atoms with van der Waals surface area (Å²) >= 11 is 0. The van der Waals surface area contributed by atoms with Crippen LogP contribution in [-0.4, -0.2) is 45.7 Å². The number of hydrogen-bond donors (Lipinski definition) is 0. The standard InChI is InChI=1S/C22H26N6O/c1-17(8-9-23)22(15-24,27-10-12-29-13-11-27)18-6-7-21(25-14-18)28-16-26-19-4-2-3-5-20(19)28/h6-7,14,16-17H,2-5,8,10-13H2,1H3. The van der Waals surface area contributed by atoms with Crippen LogP contribution in [0.3, 0.4) is 0 Å². The molecule has 2 aliphatic rings. The predicted octanol–water partition coefficient (Wildman–Crippen LogP) is 2.75. The van der Waals surface area contributed by atoms with Crippen molar-refractivity contribution in [3.8, 4) is 18.0 Å². The van der Waals surface area contributed by atoms with Gasteiger partial charge in [0.15, 0.2) is 0 Å². The second-order valence-corrected chi connectivity index (χ2v) is 7.86. The van der Waals surface area contributed by atoms with Crippen molar-refractivity contribution in [1.29, 1.82) is 10.5 Å². The molecule has 150 valence electrons. The Kier molecular flexibility index (Phi) is 5.62. The van der Waals surface area contributed by atoms with Crippen LogP contribution < -0.4 is 0 Å². The highest BCUT2D eigenvalue weighted by molar-refractivity contribution is 5.37. The van der Waals surface area contributed by atoms with Gasteiger partial charge in [-0.25, -0.2) is 9.97 Å². The van der Waals surface area contributed by atoms with Crippen molar-refractivity contribution in [3.05, 3.63) is 41.6 Å². The van der Waals surface area contributed by atoms with Gasteiger partial charge < -0.3 is 4.74 Å². The second kappa shape index (κ2) is 8.32. The lowest BCUT2D eigenvalue weighted by atomic mass is 9.77. The molecular formula is C22H26N6O. The van der Waals surface area contributed by atoms with Gasteiger partial charge in [-0.3, -0.25) is 9.47 Å². The van der Waals surface area contributed by atoms with E-state index in [4.69, 9.17) is 9.72 Å². The van der Waals surface area contributed by atoms with Crippen LogP contribution in [0.25, 0.3) is 5.82 Å². The molecule has 0 bridgehead atoms. The molecule has 0 aromatic carbocycles. The van der Waals surface area contributed by atoms with E-state index in [1.54, 1.807) is 6.20 Å². The molecule has 2 aromatic rings. The highest BCUT2D eigenvalue weighted by Crippen LogP contribution is 2.38. The van der Waals surface area contributed by atoms with Gasteiger partial charge in [-0.15, -0.1) is 0 Å². The van der Waals surface area contributed by atoms with Gasteiger partial charge in [0.2, 0.25) is 0 Å². The van der Waals surface area contributed by atoms with Crippen molar-refractivity contribution in [3.63, 3.8) is 0 Å². The summed E-state index contributed by atoms with van der Waals surface area (Å²) in [6.07, 6.45) is 8.39. The Morgan fingerprint density at radius 1 is 1.17 bits per heavy atom. The fourth-order valence-corrected chi connectivity index (χ4v) is 4.65. The monoisotopic (exact) mass is 390 g/mol. The Balaban J connectivity index is 1.71. The number of ether oxygens (including phenoxy) is 1. The van der Waals surface area contributed by atoms with Gasteiger partial charge in [-0.05, 0) is 31.7 Å². The van der Waals surface area contributed by atoms with Crippen molar-refractivity contribution in [1.82, 2.24) is 19.4 Å². The fourth-order valence-electron chi connectivity index (χ4n) is 4.65. The Morgan fingerprint density at radius 3 is 2.66 bits per heavy atom. The summed E-state index contributed by atoms with van der Waals surface area (Å²) in [6.45, 7) is 4.49. The molecule has 2 unspecified atom stereocenters. The lowest BCUT2D eigenvalue weighted by Gasteiger charge is -2.44. The number of nitriles is 2. The van der Waals surface area contributed by atoms with Gasteiger partial charge in [-0.2, -0.15) is 10.5 Å². The quantitative estimate of drug-likeness (QED) is 0.780. The highest BCUT2D eigenvalue weighted by atomic mass is 16.5. The van der Waals surface area contributed by atoms with E-state index >= 15 is 0 Å². The topological polar surface area (TPSA) is 90.8 Å². The van der Waals surface area contributed by atoms with Crippen LogP contribution in [-0.2, 0) is 23.1 Å². The molecule has 4 rings (SSSR count). The molecule has 0 N–H and O–H groups in total. The van der Waals surface area contributed by atoms with Crippen molar-refractivity contribution in [2.45, 2.75) is 44.6 Å². The number of rotatable bonds is 5. The molecule has 7 nitrogen and oxygen atoms in total. The molecule has 0 spiro atoms. The Hall–Kier alpha value is -2.74. The first-order valence-electron chi connectivity index (χ1n) is 10.3. The maximum Gasteiger partial charge on any atom is 0.139 e. The molecule has 2 atom stereocenters. The number of hydrogen-bond acceptors (Lipinski definition) is 6. The molecule has 0 amide bonds. The maximum absolute atomic E-state index is 10.3. The van der Waals surface area contributed by atoms with Gasteiger partial charge in [0.05, 0.1) is 31.0 Å². The zero-order chi connectivity index (χ0) is 20.3. The predicted molar refractivity (Wildman–Crippen MR) is 107 cm³/mol. The number of aryl methyl sites for hydroxylation is 1. The van der Waals surface area contributed by atoms with Crippen molar-refractivity contribution < 1.29 is 4.74 Å². The maximum atomic E-state index is 10.3. The molecule has 1 saturated heterocycles. The third-order valence-corrected chi connectivity index (χ3v) is 6.26. The first-order valence-corrected chi connectivity index (χ1v) is 10.3. The van der Waals surface area contributed by atoms with E-state index in [0.717, 1.165) is 24.2 Å². The number of morpholine rings is 1. The van der Waals surface area contributed by atoms with Crippen molar-refractivity contribution in [2.24, 2.45) is 5.92 Å². The summed E-state index contributed by atoms with van der Waals surface area (Å²) < 4.78 is 7.56. The van der Waals surface area contributed by atoms with Crippen LogP contribution in [0.2, 0.25) is 0 Å². The minimum atomic E-state index is -0.889. The van der Waals surface area contributed by atoms with Gasteiger partial charge >= 0.3 is 0 Å². The second-order valence-electron chi connectivity index (χ2n) is 7.86. The fraction of sp³-hybridized carbons (Fsp3) is 0.545. The highest BCUT2D eigenvalue weighted by Gasteiger charge is 2.44. The van der Waals surface area contributed by atoms with E-state index in [-0.39, 0.29) is 5.92 Å². The summed E-state index contributed by atoms with van der Waals surface area (Å²) in [6, 6.07) is 8.75. The molecule has 7 heteroatoms. The van der Waals surface area contributed by atoms with Crippen LogP contribution in [0.15, 0.2) is 24.7 Å². The van der Waals surface area contributed by atoms with Crippen LogP contribution in [0.1, 0.15) is 43.1 Å². The number of nitrogens with zero attached hydrogens (tertiary/aromatic N) is 6. The average molecular weight is 390 g/mol. The number of aromatic nitrogens is 3. The molecule has 1 fully saturated rings. The molecule has 29 heavy (non-hydrogen) atoms. The van der Waals surface area contributed by atoms with E-state index < -0.39 is 5.54 Å². The minimum Gasteiger partial charge on any atom is -0.379 e. The number of pyridine rings is 1. The Labute approximate surface area is 171 Å². The molecule has 0 radical (unpaired) electrons. The lowest BCUT2D eigenvalue weighted by molar-refractivity contribution is -0.0226. The van der Waals surface area contributed by atoms with Gasteiger partial charge in [0.1, 0.15) is 17.7 Å². The summed E-state index contributed by atoms with van der Waals surface area (Å²) in [4.78, 5) is 11.4. The largest absolute Gasteiger partial charge is 0.379 e. The first-order chi connectivity index (χ1) is 14.2. The Morgan fingerprint density at radius 2 is 1.97 bits per heavy atom. The van der Waals surface area contributed by atoms with Crippen molar-refractivity contribution in [2.75, 3.05) is 26.3 Å². The minimum absolute atomic E-state index is 0.149. The smallest absolute Gasteiger partial charge is 0.139 e. The molecular weight excluding hydrogens is 364 g/mol. The van der Waals surface area contributed by atoms with Crippen LogP contribution in [0.4, 0.5) is 0 Å². The third kappa shape index (κ3) is 3.42. The van der Waals surface area contributed by atoms with Gasteiger partial charge in [0, 0.05) is 42.9 Å². The number of imidazole rings is 1. The average Bonchev–Trinajstić information content (AvgIpc) is 3.20. The van der Waals surface area contributed by atoms with E-state index in [1.165, 1.54) is 24.2 Å². The van der Waals surface area contributed by atoms with E-state index in [1.807, 2.05) is 25.4 Å². The third-order valence-electron chi connectivity index (χ3n) is 6.26. The molecule has 2 aromatic heterocycles. The molecule has 0 saturated carbocycles. The zero-order valence-corrected chi connectivity index (χ0v) is 16.8. The Bertz CT molecular complexity index is 932. The SMILES string of the molecule is CC(CC#N)C(C#N)(c1ccc(-n2cnc3c2CCCC3)nc1)N1CCOCC1. The van der Waals surface area contributed by atoms with Gasteiger partial charge in [0.25, 0.3) is 0 Å². The van der Waals surface area contributed by atoms with Gasteiger partial charge in [-0.1, -0.05) is 13.0 Å². The van der Waals surface area contributed by atoms with Crippen LogP contribution >= 0.6 is 0 Å². The normalized spacial score (nSPS) is 20.1. The summed E-state index contributed by atoms with van der Waals surface area (Å²) in [7, 11) is 0. The van der Waals surface area contributed by atoms with Crippen molar-refractivity contribution >= 4 is 0 Å². The molecule has 1 aliphatic carbocycles. The lowest BCUT2D eigenvalue weighted by Crippen LogP contribution is -2.54. The number of fused-ring (bicyclic) bond motifs is 1. The van der Waals surface area contributed by atoms with E-state index in [2.05, 4.69) is 26.6 Å². The first kappa shape index (κ1) is 19.6. The molecule has 3 heterocycles. The summed E-state index contributed by atoms with van der Waals surface area (Å²) in [5.74, 6) is 0.676. The summed E-state index contributed by atoms with van der Waals surface area (Å²) in [5.41, 5.74) is 2.36. The van der Waals surface area contributed by atoms with E-state index in [9.17, 15) is 10.5 Å². The van der Waals surface area contributed by atoms with Crippen LogP contribution in [0, 0.1) is 28.6 Å².